The molecule has 0 heterocycles. The number of rotatable bonds is 0. The third kappa shape index (κ3) is 2.13. The smallest absolute Gasteiger partial charge is 0.0165 e. The Bertz CT molecular complexity index is 644. The highest BCUT2D eigenvalue weighted by molar-refractivity contribution is 14.1. The summed E-state index contributed by atoms with van der Waals surface area (Å²) in [4.78, 5) is 0. The van der Waals surface area contributed by atoms with E-state index in [0.29, 0.717) is 0 Å². The molecular weight excluding hydrogens is 446 g/mol. The van der Waals surface area contributed by atoms with Crippen molar-refractivity contribution in [2.24, 2.45) is 0 Å². The second-order valence-corrected chi connectivity index (χ2v) is 7.07. The van der Waals surface area contributed by atoms with Crippen LogP contribution in [0.1, 0.15) is 11.1 Å². The highest BCUT2D eigenvalue weighted by atomic mass is 127. The average molecular weight is 458 g/mol. The van der Waals surface area contributed by atoms with Crippen LogP contribution in [0.3, 0.4) is 0 Å². The zero-order chi connectivity index (χ0) is 12.9. The van der Waals surface area contributed by atoms with E-state index in [0.717, 1.165) is 0 Å². The normalized spacial score (nSPS) is 11.3. The summed E-state index contributed by atoms with van der Waals surface area (Å²) >= 11 is 4.81. The minimum absolute atomic E-state index is 1.33. The van der Waals surface area contributed by atoms with Crippen molar-refractivity contribution in [1.82, 2.24) is 0 Å². The molecule has 18 heavy (non-hydrogen) atoms. The first kappa shape index (κ1) is 12.7. The van der Waals surface area contributed by atoms with Gasteiger partial charge in [0, 0.05) is 7.14 Å². The van der Waals surface area contributed by atoms with Crippen molar-refractivity contribution in [3.8, 4) is 0 Å². The molecule has 3 aromatic rings. The maximum Gasteiger partial charge on any atom is 0.0165 e. The quantitative estimate of drug-likeness (QED) is 0.295. The van der Waals surface area contributed by atoms with E-state index in [1.54, 1.807) is 0 Å². The molecule has 2 heteroatoms. The van der Waals surface area contributed by atoms with E-state index in [-0.39, 0.29) is 0 Å². The van der Waals surface area contributed by atoms with Gasteiger partial charge in [-0.3, -0.25) is 0 Å². The fourth-order valence-electron chi connectivity index (χ4n) is 2.27. The summed E-state index contributed by atoms with van der Waals surface area (Å²) in [5.41, 5.74) is 2.70. The number of hydrogen-bond acceptors (Lipinski definition) is 0. The number of benzene rings is 3. The van der Waals surface area contributed by atoms with Gasteiger partial charge in [-0.1, -0.05) is 12.1 Å². The maximum atomic E-state index is 2.41. The van der Waals surface area contributed by atoms with Crippen LogP contribution in [-0.4, -0.2) is 0 Å². The number of halogens is 2. The van der Waals surface area contributed by atoms with Gasteiger partial charge >= 0.3 is 0 Å². The minimum atomic E-state index is 1.33. The van der Waals surface area contributed by atoms with Gasteiger partial charge in [0.2, 0.25) is 0 Å². The Morgan fingerprint density at radius 3 is 1.28 bits per heavy atom. The molecule has 0 N–H and O–H groups in total. The van der Waals surface area contributed by atoms with E-state index in [9.17, 15) is 0 Å². The van der Waals surface area contributed by atoms with Crippen molar-refractivity contribution in [1.29, 1.82) is 0 Å². The lowest BCUT2D eigenvalue weighted by Crippen LogP contribution is -1.85. The van der Waals surface area contributed by atoms with Gasteiger partial charge in [0.25, 0.3) is 0 Å². The largest absolute Gasteiger partial charge is 0.0504 e. The van der Waals surface area contributed by atoms with Crippen LogP contribution in [0.4, 0.5) is 0 Å². The molecule has 0 fully saturated rings. The van der Waals surface area contributed by atoms with Crippen LogP contribution in [0.25, 0.3) is 21.5 Å². The average Bonchev–Trinajstić information content (AvgIpc) is 2.31. The summed E-state index contributed by atoms with van der Waals surface area (Å²) in [7, 11) is 0. The summed E-state index contributed by atoms with van der Waals surface area (Å²) in [6, 6.07) is 13.7. The Morgan fingerprint density at radius 1 is 0.556 bits per heavy atom. The topological polar surface area (TPSA) is 0 Å². The van der Waals surface area contributed by atoms with Crippen LogP contribution in [0, 0.1) is 21.0 Å². The Balaban J connectivity index is 2.43. The Hall–Kier alpha value is -0.360. The number of hydrogen-bond donors (Lipinski definition) is 0. The van der Waals surface area contributed by atoms with E-state index in [4.69, 9.17) is 0 Å². The van der Waals surface area contributed by atoms with Crippen molar-refractivity contribution < 1.29 is 0 Å². The first-order chi connectivity index (χ1) is 8.54. The maximum absolute atomic E-state index is 2.41. The highest BCUT2D eigenvalue weighted by Crippen LogP contribution is 2.28. The van der Waals surface area contributed by atoms with E-state index >= 15 is 0 Å². The molecule has 0 amide bonds. The van der Waals surface area contributed by atoms with Crippen LogP contribution < -0.4 is 0 Å². The van der Waals surface area contributed by atoms with Gasteiger partial charge in [0.1, 0.15) is 0 Å². The number of aryl methyl sites for hydroxylation is 2. The molecule has 0 aliphatic heterocycles. The molecule has 0 atom stereocenters. The van der Waals surface area contributed by atoms with Crippen molar-refractivity contribution in [2.45, 2.75) is 13.8 Å². The highest BCUT2D eigenvalue weighted by Gasteiger charge is 2.03. The Kier molecular flexibility index (Phi) is 3.26. The third-order valence-electron chi connectivity index (χ3n) is 3.35. The van der Waals surface area contributed by atoms with Crippen molar-refractivity contribution in [3.05, 3.63) is 54.7 Å². The summed E-state index contributed by atoms with van der Waals surface area (Å²) < 4.78 is 2.67. The second-order valence-electron chi connectivity index (χ2n) is 4.75. The molecule has 3 aromatic carbocycles. The molecule has 0 aliphatic carbocycles. The van der Waals surface area contributed by atoms with Gasteiger partial charge in [0.15, 0.2) is 0 Å². The van der Waals surface area contributed by atoms with Crippen LogP contribution in [0.5, 0.6) is 0 Å². The Morgan fingerprint density at radius 2 is 0.889 bits per heavy atom. The zero-order valence-electron chi connectivity index (χ0n) is 10.2. The lowest BCUT2D eigenvalue weighted by molar-refractivity contribution is 1.45. The molecular formula is C16H12I2. The van der Waals surface area contributed by atoms with Gasteiger partial charge < -0.3 is 0 Å². The van der Waals surface area contributed by atoms with Crippen molar-refractivity contribution >= 4 is 66.7 Å². The molecule has 0 radical (unpaired) electrons. The first-order valence-electron chi connectivity index (χ1n) is 5.84. The van der Waals surface area contributed by atoms with Crippen LogP contribution in [0.15, 0.2) is 36.4 Å². The number of fused-ring (bicyclic) bond motifs is 2. The SMILES string of the molecule is Cc1cc2cc3cc(C)c(I)cc3cc2cc1I. The van der Waals surface area contributed by atoms with Gasteiger partial charge in [-0.05, 0) is 116 Å². The Labute approximate surface area is 134 Å². The van der Waals surface area contributed by atoms with E-state index < -0.39 is 0 Å². The van der Waals surface area contributed by atoms with Crippen LogP contribution in [0.2, 0.25) is 0 Å². The predicted octanol–water partition coefficient (Wildman–Crippen LogP) is 5.82. The summed E-state index contributed by atoms with van der Waals surface area (Å²) in [6.45, 7) is 4.34. The lowest BCUT2D eigenvalue weighted by atomic mass is 10.0. The van der Waals surface area contributed by atoms with E-state index in [1.807, 2.05) is 0 Å². The van der Waals surface area contributed by atoms with E-state index in [2.05, 4.69) is 95.4 Å². The van der Waals surface area contributed by atoms with Gasteiger partial charge in [-0.15, -0.1) is 0 Å². The van der Waals surface area contributed by atoms with Crippen molar-refractivity contribution in [3.63, 3.8) is 0 Å². The summed E-state index contributed by atoms with van der Waals surface area (Å²) in [5, 5.41) is 5.33. The lowest BCUT2D eigenvalue weighted by Gasteiger charge is -2.07. The van der Waals surface area contributed by atoms with E-state index in [1.165, 1.54) is 39.8 Å². The monoisotopic (exact) mass is 458 g/mol. The minimum Gasteiger partial charge on any atom is -0.0504 e. The molecule has 0 aromatic heterocycles. The standard InChI is InChI=1S/C16H12I2/c1-9-3-11-5-12-4-10(2)16(18)8-14(12)6-13(11)7-15(9)17/h3-8H,1-2H3. The van der Waals surface area contributed by atoms with Gasteiger partial charge in [0.05, 0.1) is 0 Å². The van der Waals surface area contributed by atoms with Gasteiger partial charge in [-0.25, -0.2) is 0 Å². The first-order valence-corrected chi connectivity index (χ1v) is 8.00. The molecule has 0 unspecified atom stereocenters. The molecule has 0 saturated carbocycles. The second kappa shape index (κ2) is 4.63. The zero-order valence-corrected chi connectivity index (χ0v) is 14.5. The molecule has 0 saturated heterocycles. The summed E-state index contributed by atoms with van der Waals surface area (Å²) in [5.74, 6) is 0. The van der Waals surface area contributed by atoms with Crippen LogP contribution >= 0.6 is 45.2 Å². The predicted molar refractivity (Wildman–Crippen MR) is 96.4 cm³/mol. The molecule has 0 bridgehead atoms. The third-order valence-corrected chi connectivity index (χ3v) is 5.67. The summed E-state index contributed by atoms with van der Waals surface area (Å²) in [6.07, 6.45) is 0. The van der Waals surface area contributed by atoms with Crippen molar-refractivity contribution in [2.75, 3.05) is 0 Å². The molecule has 0 nitrogen and oxygen atoms in total. The van der Waals surface area contributed by atoms with Gasteiger partial charge in [-0.2, -0.15) is 0 Å². The molecule has 90 valence electrons. The fraction of sp³-hybridized carbons (Fsp3) is 0.125. The fourth-order valence-corrected chi connectivity index (χ4v) is 3.26. The molecule has 0 spiro atoms. The molecule has 0 aliphatic rings. The van der Waals surface area contributed by atoms with Crippen LogP contribution in [-0.2, 0) is 0 Å². The molecule has 3 rings (SSSR count).